The van der Waals surface area contributed by atoms with Crippen molar-refractivity contribution in [2.45, 2.75) is 38.8 Å². The molecule has 1 heterocycles. The molecular weight excluding hydrogens is 482 g/mol. The minimum Gasteiger partial charge on any atom is -0.677 e. The summed E-state index contributed by atoms with van der Waals surface area (Å²) in [6.07, 6.45) is 0.468. The molecule has 3 N–H and O–H groups in total. The maximum atomic E-state index is 12.1. The predicted octanol–water partition coefficient (Wildman–Crippen LogP) is 0.255. The molecule has 0 radical (unpaired) electrons. The van der Waals surface area contributed by atoms with Gasteiger partial charge in [-0.3, -0.25) is 9.59 Å². The maximum absolute atomic E-state index is 12.1. The molecule has 0 aromatic carbocycles. The van der Waals surface area contributed by atoms with Crippen molar-refractivity contribution < 1.29 is 59.4 Å². The number of hydrogen-bond donors (Lipinski definition) is 2. The van der Waals surface area contributed by atoms with E-state index < -0.39 is 18.1 Å². The molecule has 0 saturated carbocycles. The zero-order chi connectivity index (χ0) is 14.6. The number of carbonyl (C=O) groups excluding carboxylic acids is 2. The van der Waals surface area contributed by atoms with Crippen molar-refractivity contribution in [3.63, 3.8) is 0 Å². The Kier molecular flexibility index (Phi) is 8.73. The molecule has 1 rings (SSSR count). The number of carbonyl (C=O) groups is 3. The third-order valence-electron chi connectivity index (χ3n) is 3.15. The van der Waals surface area contributed by atoms with Crippen LogP contribution in [-0.4, -0.2) is 53.0 Å². The molecular formula is C12H20N3O4Th-. The second kappa shape index (κ2) is 8.87. The van der Waals surface area contributed by atoms with Gasteiger partial charge in [0.15, 0.2) is 0 Å². The van der Waals surface area contributed by atoms with E-state index in [4.69, 9.17) is 10.8 Å². The fourth-order valence-corrected chi connectivity index (χ4v) is 2.27. The summed E-state index contributed by atoms with van der Waals surface area (Å²) in [5.41, 5.74) is 6.94. The van der Waals surface area contributed by atoms with Crippen LogP contribution in [0.5, 0.6) is 0 Å². The van der Waals surface area contributed by atoms with E-state index in [0.29, 0.717) is 13.0 Å². The fourth-order valence-electron chi connectivity index (χ4n) is 2.27. The molecule has 2 unspecified atom stereocenters. The summed E-state index contributed by atoms with van der Waals surface area (Å²) in [6, 6.07) is -1.51. The van der Waals surface area contributed by atoms with Crippen LogP contribution in [0.1, 0.15) is 26.7 Å². The van der Waals surface area contributed by atoms with Gasteiger partial charge in [0.25, 0.3) is 0 Å². The first-order chi connectivity index (χ1) is 8.88. The Morgan fingerprint density at radius 3 is 2.55 bits per heavy atom. The van der Waals surface area contributed by atoms with Gasteiger partial charge in [-0.1, -0.05) is 13.8 Å². The molecule has 1 aliphatic heterocycles. The SMILES string of the molecule is CC(C)C(C(=O)O)N1CCC(NC(=O)CC[NH-])C1=O.[Th]. The van der Waals surface area contributed by atoms with Crippen LogP contribution in [0.15, 0.2) is 0 Å². The number of nitrogens with one attached hydrogen (secondary N) is 2. The van der Waals surface area contributed by atoms with E-state index in [9.17, 15) is 14.4 Å². The summed E-state index contributed by atoms with van der Waals surface area (Å²) in [5.74, 6) is -1.91. The van der Waals surface area contributed by atoms with E-state index >= 15 is 0 Å². The molecule has 112 valence electrons. The van der Waals surface area contributed by atoms with Gasteiger partial charge in [0.2, 0.25) is 11.8 Å². The zero-order valence-corrected chi connectivity index (χ0v) is 15.8. The summed E-state index contributed by atoms with van der Waals surface area (Å²) >= 11 is 0. The first-order valence-electron chi connectivity index (χ1n) is 6.35. The van der Waals surface area contributed by atoms with Crippen molar-refractivity contribution in [2.75, 3.05) is 13.1 Å². The number of carboxylic acid groups (broad SMARTS) is 1. The number of aliphatic carboxylic acids is 1. The van der Waals surface area contributed by atoms with Gasteiger partial charge in [0, 0.05) is 52.9 Å². The Morgan fingerprint density at radius 2 is 2.10 bits per heavy atom. The van der Waals surface area contributed by atoms with Crippen molar-refractivity contribution in [3.8, 4) is 0 Å². The molecule has 20 heavy (non-hydrogen) atoms. The molecule has 1 fully saturated rings. The number of likely N-dealkylation sites (tertiary alicyclic amines) is 1. The molecule has 2 amide bonds. The topological polar surface area (TPSA) is 111 Å². The zero-order valence-electron chi connectivity index (χ0n) is 11.7. The Hall–Kier alpha value is -0.305. The Labute approximate surface area is 150 Å². The van der Waals surface area contributed by atoms with E-state index in [-0.39, 0.29) is 70.6 Å². The quantitative estimate of drug-likeness (QED) is 0.543. The van der Waals surface area contributed by atoms with Gasteiger partial charge in [-0.15, -0.1) is 6.54 Å². The smallest absolute Gasteiger partial charge is 0.326 e. The second-order valence-corrected chi connectivity index (χ2v) is 4.97. The number of amides is 2. The minimum absolute atomic E-state index is 0. The van der Waals surface area contributed by atoms with E-state index in [1.165, 1.54) is 4.90 Å². The van der Waals surface area contributed by atoms with Gasteiger partial charge < -0.3 is 21.1 Å². The van der Waals surface area contributed by atoms with Crippen molar-refractivity contribution in [1.29, 1.82) is 0 Å². The molecule has 0 spiro atoms. The molecule has 0 bridgehead atoms. The molecule has 0 aromatic rings. The van der Waals surface area contributed by atoms with Crippen molar-refractivity contribution >= 4 is 17.8 Å². The molecule has 8 heteroatoms. The van der Waals surface area contributed by atoms with Gasteiger partial charge in [-0.2, -0.15) is 0 Å². The predicted molar refractivity (Wildman–Crippen MR) is 68.3 cm³/mol. The largest absolute Gasteiger partial charge is 0.677 e. The second-order valence-electron chi connectivity index (χ2n) is 4.97. The normalized spacial score (nSPS) is 19.7. The van der Waals surface area contributed by atoms with Crippen LogP contribution in [0, 0.1) is 45.9 Å². The van der Waals surface area contributed by atoms with Gasteiger partial charge in [0.1, 0.15) is 12.1 Å². The third-order valence-corrected chi connectivity index (χ3v) is 3.15. The van der Waals surface area contributed by atoms with E-state index in [1.807, 2.05) is 0 Å². The van der Waals surface area contributed by atoms with Crippen molar-refractivity contribution in [2.24, 2.45) is 5.92 Å². The Balaban J connectivity index is 0.00000361. The Bertz CT molecular complexity index is 376. The summed E-state index contributed by atoms with van der Waals surface area (Å²) in [7, 11) is 0. The Morgan fingerprint density at radius 1 is 1.50 bits per heavy atom. The number of rotatable bonds is 6. The molecule has 7 nitrogen and oxygen atoms in total. The maximum Gasteiger partial charge on any atom is 0.326 e. The molecule has 2 atom stereocenters. The van der Waals surface area contributed by atoms with Gasteiger partial charge >= 0.3 is 5.97 Å². The van der Waals surface area contributed by atoms with Crippen LogP contribution < -0.4 is 5.32 Å². The van der Waals surface area contributed by atoms with Crippen LogP contribution in [0.25, 0.3) is 5.73 Å². The summed E-state index contributed by atoms with van der Waals surface area (Å²) in [4.78, 5) is 36.0. The monoisotopic (exact) mass is 502 g/mol. The standard InChI is InChI=1S/C12H20N3O4.Th/c1-7(2)10(12(18)19)15-6-4-8(11(15)17)14-9(16)3-5-13;/h7-8,10,13H,3-6H2,1-2H3,(H,14,16)(H,18,19);/q-1;. The van der Waals surface area contributed by atoms with Crippen LogP contribution in [0.2, 0.25) is 0 Å². The van der Waals surface area contributed by atoms with Crippen LogP contribution >= 0.6 is 0 Å². The third kappa shape index (κ3) is 4.91. The van der Waals surface area contributed by atoms with E-state index in [1.54, 1.807) is 13.8 Å². The first-order valence-corrected chi connectivity index (χ1v) is 6.35. The minimum atomic E-state index is -1.03. The average molecular weight is 502 g/mol. The van der Waals surface area contributed by atoms with Crippen molar-refractivity contribution in [3.05, 3.63) is 5.73 Å². The van der Waals surface area contributed by atoms with Gasteiger partial charge in [-0.05, 0) is 12.3 Å². The van der Waals surface area contributed by atoms with Gasteiger partial charge in [0.05, 0.1) is 0 Å². The summed E-state index contributed by atoms with van der Waals surface area (Å²) < 4.78 is 0. The number of carboxylic acids is 1. The summed E-state index contributed by atoms with van der Waals surface area (Å²) in [6.45, 7) is 3.80. The van der Waals surface area contributed by atoms with Crippen LogP contribution in [0.4, 0.5) is 0 Å². The molecule has 0 aromatic heterocycles. The molecule has 1 aliphatic rings. The molecule has 0 aliphatic carbocycles. The van der Waals surface area contributed by atoms with Crippen LogP contribution in [-0.2, 0) is 14.4 Å². The molecule has 1 saturated heterocycles. The summed E-state index contributed by atoms with van der Waals surface area (Å²) in [5, 5.41) is 11.7. The fraction of sp³-hybridized carbons (Fsp3) is 0.750. The average Bonchev–Trinajstić information content (AvgIpc) is 2.61. The van der Waals surface area contributed by atoms with Gasteiger partial charge in [-0.25, -0.2) is 4.79 Å². The number of hydrogen-bond acceptors (Lipinski definition) is 3. The number of nitrogens with zero attached hydrogens (tertiary/aromatic N) is 1. The van der Waals surface area contributed by atoms with E-state index in [2.05, 4.69) is 5.32 Å². The first kappa shape index (κ1) is 19.7. The van der Waals surface area contributed by atoms with Crippen molar-refractivity contribution in [1.82, 2.24) is 10.2 Å². The van der Waals surface area contributed by atoms with E-state index in [0.717, 1.165) is 0 Å². The van der Waals surface area contributed by atoms with Crippen LogP contribution in [0.3, 0.4) is 0 Å².